The molecule has 0 radical (unpaired) electrons. The van der Waals surface area contributed by atoms with Crippen LogP contribution < -0.4 is 0 Å². The van der Waals surface area contributed by atoms with Gasteiger partial charge in [-0.3, -0.25) is 8.98 Å². The Labute approximate surface area is 124 Å². The molecule has 0 amide bonds. The normalized spacial score (nSPS) is 11.7. The fourth-order valence-corrected chi connectivity index (χ4v) is 2.42. The smallest absolute Gasteiger partial charge is 0.267 e. The average molecular weight is 306 g/mol. The number of carbonyl (C=O) groups excluding carboxylic acids is 1. The fraction of sp³-hybridized carbons (Fsp3) is 0.933. The quantitative estimate of drug-likeness (QED) is 0.361. The zero-order valence-electron chi connectivity index (χ0n) is 13.0. The van der Waals surface area contributed by atoms with E-state index in [1.165, 1.54) is 45.4 Å². The Kier molecular flexibility index (Phi) is 12.1. The van der Waals surface area contributed by atoms with Crippen LogP contribution in [0.2, 0.25) is 0 Å². The van der Waals surface area contributed by atoms with Gasteiger partial charge in [0.05, 0.1) is 5.75 Å². The van der Waals surface area contributed by atoms with Gasteiger partial charge >= 0.3 is 0 Å². The van der Waals surface area contributed by atoms with Crippen molar-refractivity contribution in [2.24, 2.45) is 0 Å². The maximum absolute atomic E-state index is 11.4. The Morgan fingerprint density at radius 1 is 0.850 bits per heavy atom. The number of carbonyl (C=O) groups is 1. The van der Waals surface area contributed by atoms with Crippen molar-refractivity contribution < 1.29 is 17.4 Å². The summed E-state index contributed by atoms with van der Waals surface area (Å²) in [6.07, 6.45) is 11.2. The lowest BCUT2D eigenvalue weighted by Gasteiger charge is -2.03. The Morgan fingerprint density at radius 2 is 1.35 bits per heavy atom. The summed E-state index contributed by atoms with van der Waals surface area (Å²) in [4.78, 5) is 11.4. The molecule has 0 aromatic heterocycles. The summed E-state index contributed by atoms with van der Waals surface area (Å²) in [7, 11) is -3.49. The van der Waals surface area contributed by atoms with Crippen LogP contribution in [0.4, 0.5) is 0 Å². The van der Waals surface area contributed by atoms with Gasteiger partial charge in [0.15, 0.2) is 5.78 Å². The lowest BCUT2D eigenvalue weighted by Crippen LogP contribution is -2.15. The lowest BCUT2D eigenvalue weighted by atomic mass is 10.1. The highest BCUT2D eigenvalue weighted by atomic mass is 32.2. The van der Waals surface area contributed by atoms with Crippen LogP contribution in [0.25, 0.3) is 0 Å². The SMILES string of the molecule is CCCCCCCCCCCC(=O)COS(=O)(=O)CC. The first-order valence-electron chi connectivity index (χ1n) is 7.90. The molecule has 20 heavy (non-hydrogen) atoms. The van der Waals surface area contributed by atoms with Crippen LogP contribution >= 0.6 is 0 Å². The van der Waals surface area contributed by atoms with Gasteiger partial charge in [-0.1, -0.05) is 58.3 Å². The summed E-state index contributed by atoms with van der Waals surface area (Å²) in [6.45, 7) is 3.42. The zero-order chi connectivity index (χ0) is 15.3. The van der Waals surface area contributed by atoms with Crippen molar-refractivity contribution in [1.29, 1.82) is 0 Å². The van der Waals surface area contributed by atoms with E-state index < -0.39 is 10.1 Å². The molecular formula is C15H30O4S. The first-order valence-corrected chi connectivity index (χ1v) is 9.48. The van der Waals surface area contributed by atoms with Crippen LogP contribution in [0.3, 0.4) is 0 Å². The van der Waals surface area contributed by atoms with E-state index >= 15 is 0 Å². The second-order valence-corrected chi connectivity index (χ2v) is 7.15. The molecule has 0 rings (SSSR count). The third-order valence-electron chi connectivity index (χ3n) is 3.31. The van der Waals surface area contributed by atoms with Gasteiger partial charge in [0.1, 0.15) is 6.61 Å². The summed E-state index contributed by atoms with van der Waals surface area (Å²) < 4.78 is 26.7. The molecule has 0 spiro atoms. The van der Waals surface area contributed by atoms with Crippen LogP contribution in [-0.2, 0) is 19.1 Å². The van der Waals surface area contributed by atoms with Crippen molar-refractivity contribution in [3.8, 4) is 0 Å². The van der Waals surface area contributed by atoms with E-state index in [-0.39, 0.29) is 18.1 Å². The highest BCUT2D eigenvalue weighted by Crippen LogP contribution is 2.10. The number of unbranched alkanes of at least 4 members (excludes halogenated alkanes) is 8. The Morgan fingerprint density at radius 3 is 1.85 bits per heavy atom. The van der Waals surface area contributed by atoms with E-state index in [0.29, 0.717) is 6.42 Å². The van der Waals surface area contributed by atoms with Crippen LogP contribution in [0.1, 0.15) is 78.1 Å². The van der Waals surface area contributed by atoms with Crippen LogP contribution in [-0.4, -0.2) is 26.6 Å². The van der Waals surface area contributed by atoms with Gasteiger partial charge in [-0.2, -0.15) is 8.42 Å². The number of hydrogen-bond acceptors (Lipinski definition) is 4. The highest BCUT2D eigenvalue weighted by Gasteiger charge is 2.10. The molecule has 0 atom stereocenters. The lowest BCUT2D eigenvalue weighted by molar-refractivity contribution is -0.121. The predicted molar refractivity (Wildman–Crippen MR) is 82.3 cm³/mol. The Hall–Kier alpha value is -0.420. The second-order valence-electron chi connectivity index (χ2n) is 5.23. The van der Waals surface area contributed by atoms with Crippen molar-refractivity contribution in [2.75, 3.05) is 12.4 Å². The van der Waals surface area contributed by atoms with Gasteiger partial charge < -0.3 is 0 Å². The van der Waals surface area contributed by atoms with Crippen molar-refractivity contribution in [3.05, 3.63) is 0 Å². The maximum Gasteiger partial charge on any atom is 0.267 e. The van der Waals surface area contributed by atoms with E-state index in [9.17, 15) is 13.2 Å². The van der Waals surface area contributed by atoms with Gasteiger partial charge in [-0.05, 0) is 13.3 Å². The van der Waals surface area contributed by atoms with Crippen molar-refractivity contribution in [3.63, 3.8) is 0 Å². The molecule has 5 heteroatoms. The van der Waals surface area contributed by atoms with Gasteiger partial charge in [0, 0.05) is 6.42 Å². The molecule has 0 N–H and O–H groups in total. The third kappa shape index (κ3) is 12.6. The van der Waals surface area contributed by atoms with E-state index in [1.807, 2.05) is 0 Å². The van der Waals surface area contributed by atoms with Crippen molar-refractivity contribution in [2.45, 2.75) is 78.1 Å². The standard InChI is InChI=1S/C15H30O4S/c1-3-5-6-7-8-9-10-11-12-13-15(16)14-19-20(17,18)4-2/h3-14H2,1-2H3. The molecule has 0 bridgehead atoms. The molecular weight excluding hydrogens is 276 g/mol. The summed E-state index contributed by atoms with van der Waals surface area (Å²) in [5.41, 5.74) is 0. The number of rotatable bonds is 14. The minimum absolute atomic E-state index is 0.0850. The Balaban J connectivity index is 3.36. The Bertz CT molecular complexity index is 336. The molecule has 0 aliphatic heterocycles. The summed E-state index contributed by atoms with van der Waals surface area (Å²) in [5.74, 6) is -0.205. The fourth-order valence-electron chi connectivity index (χ4n) is 1.94. The minimum atomic E-state index is -3.49. The van der Waals surface area contributed by atoms with Gasteiger partial charge in [-0.15, -0.1) is 0 Å². The van der Waals surface area contributed by atoms with E-state index in [0.717, 1.165) is 19.3 Å². The monoisotopic (exact) mass is 306 g/mol. The molecule has 0 aromatic carbocycles. The molecule has 0 aliphatic carbocycles. The summed E-state index contributed by atoms with van der Waals surface area (Å²) >= 11 is 0. The molecule has 120 valence electrons. The zero-order valence-corrected chi connectivity index (χ0v) is 13.8. The average Bonchev–Trinajstić information content (AvgIpc) is 2.43. The van der Waals surface area contributed by atoms with Gasteiger partial charge in [0.2, 0.25) is 0 Å². The summed E-state index contributed by atoms with van der Waals surface area (Å²) in [5, 5.41) is 0. The molecule has 0 aromatic rings. The van der Waals surface area contributed by atoms with Crippen LogP contribution in [0.5, 0.6) is 0 Å². The van der Waals surface area contributed by atoms with Crippen molar-refractivity contribution >= 4 is 15.9 Å². The van der Waals surface area contributed by atoms with Crippen molar-refractivity contribution in [1.82, 2.24) is 0 Å². The van der Waals surface area contributed by atoms with Gasteiger partial charge in [-0.25, -0.2) is 0 Å². The molecule has 0 aliphatic rings. The predicted octanol–water partition coefficient (Wildman–Crippen LogP) is 3.84. The number of ketones is 1. The highest BCUT2D eigenvalue weighted by molar-refractivity contribution is 7.86. The molecule has 0 saturated heterocycles. The van der Waals surface area contributed by atoms with E-state index in [1.54, 1.807) is 0 Å². The largest absolute Gasteiger partial charge is 0.297 e. The molecule has 0 unspecified atom stereocenters. The third-order valence-corrected chi connectivity index (χ3v) is 4.50. The maximum atomic E-state index is 11.4. The molecule has 4 nitrogen and oxygen atoms in total. The first kappa shape index (κ1) is 19.6. The van der Waals surface area contributed by atoms with E-state index in [4.69, 9.17) is 0 Å². The van der Waals surface area contributed by atoms with Crippen LogP contribution in [0.15, 0.2) is 0 Å². The van der Waals surface area contributed by atoms with Gasteiger partial charge in [0.25, 0.3) is 10.1 Å². The second kappa shape index (κ2) is 12.3. The number of hydrogen-bond donors (Lipinski definition) is 0. The first-order chi connectivity index (χ1) is 9.52. The number of Topliss-reactive ketones (excluding diaryl/α,β-unsaturated/α-hetero) is 1. The minimum Gasteiger partial charge on any atom is -0.297 e. The topological polar surface area (TPSA) is 60.4 Å². The summed E-state index contributed by atoms with van der Waals surface area (Å²) in [6, 6.07) is 0. The molecule has 0 fully saturated rings. The van der Waals surface area contributed by atoms with E-state index in [2.05, 4.69) is 11.1 Å². The van der Waals surface area contributed by atoms with Crippen LogP contribution in [0, 0.1) is 0 Å². The molecule has 0 heterocycles. The molecule has 0 saturated carbocycles.